The number of nitrogens with one attached hydrogen (secondary N) is 2. The molecular formula is C19H19F4N7O2. The zero-order chi connectivity index (χ0) is 23.1. The van der Waals surface area contributed by atoms with Gasteiger partial charge in [-0.3, -0.25) is 0 Å². The van der Waals surface area contributed by atoms with E-state index in [1.54, 1.807) is 25.4 Å². The zero-order valence-corrected chi connectivity index (χ0v) is 17.2. The number of hydrogen-bond donors (Lipinski definition) is 2. The van der Waals surface area contributed by atoms with E-state index in [-0.39, 0.29) is 11.4 Å². The van der Waals surface area contributed by atoms with Crippen molar-refractivity contribution >= 4 is 17.3 Å². The van der Waals surface area contributed by atoms with Crippen LogP contribution in [-0.2, 0) is 4.84 Å². The summed E-state index contributed by atoms with van der Waals surface area (Å²) in [6.07, 6.45) is -0.535. The van der Waals surface area contributed by atoms with Crippen molar-refractivity contribution in [3.05, 3.63) is 47.7 Å². The van der Waals surface area contributed by atoms with Gasteiger partial charge in [0.25, 0.3) is 0 Å². The fraction of sp³-hybridized carbons (Fsp3) is 0.368. The van der Waals surface area contributed by atoms with Gasteiger partial charge in [-0.1, -0.05) is 5.16 Å². The summed E-state index contributed by atoms with van der Waals surface area (Å²) >= 11 is 0. The highest BCUT2D eigenvalue weighted by atomic mass is 19.4. The number of pyridine rings is 1. The first-order valence-electron chi connectivity index (χ1n) is 9.51. The summed E-state index contributed by atoms with van der Waals surface area (Å²) in [6, 6.07) is 2.01. The number of amidine groups is 1. The third kappa shape index (κ3) is 4.65. The predicted octanol–water partition coefficient (Wildman–Crippen LogP) is 3.40. The Morgan fingerprint density at radius 3 is 2.78 bits per heavy atom. The van der Waals surface area contributed by atoms with Gasteiger partial charge in [0.15, 0.2) is 18.1 Å². The first-order valence-corrected chi connectivity index (χ1v) is 9.51. The van der Waals surface area contributed by atoms with Gasteiger partial charge in [-0.05, 0) is 32.9 Å². The van der Waals surface area contributed by atoms with Gasteiger partial charge < -0.3 is 20.2 Å². The summed E-state index contributed by atoms with van der Waals surface area (Å²) in [7, 11) is 0. The van der Waals surface area contributed by atoms with E-state index in [0.717, 1.165) is 12.3 Å². The average Bonchev–Trinajstić information content (AvgIpc) is 3.28. The molecule has 0 amide bonds. The van der Waals surface area contributed by atoms with Crippen LogP contribution in [0.15, 0.2) is 35.9 Å². The van der Waals surface area contributed by atoms with Crippen molar-refractivity contribution in [2.24, 2.45) is 5.16 Å². The molecule has 0 aromatic carbocycles. The molecule has 0 radical (unpaired) electrons. The standard InChI is InChI=1S/C19H19F4N7O2/c1-10(12-6-11(20)7-24-17(12)31-9-19(21,22)23)26-14-4-5-30-16(27-14)13(8-25-30)15-28-18(2,3)32-29-15/h4-8,10H,9H2,1-3H3,(H,26,27)(H,28,29). The van der Waals surface area contributed by atoms with E-state index in [4.69, 9.17) is 9.57 Å². The van der Waals surface area contributed by atoms with E-state index in [0.29, 0.717) is 22.9 Å². The minimum atomic E-state index is -4.55. The highest BCUT2D eigenvalue weighted by molar-refractivity contribution is 6.04. The minimum Gasteiger partial charge on any atom is -0.468 e. The first kappa shape index (κ1) is 21.6. The van der Waals surface area contributed by atoms with E-state index in [1.807, 2.05) is 13.8 Å². The molecule has 0 aliphatic carbocycles. The van der Waals surface area contributed by atoms with E-state index in [2.05, 4.69) is 30.9 Å². The van der Waals surface area contributed by atoms with Crippen molar-refractivity contribution in [3.63, 3.8) is 0 Å². The molecule has 0 fully saturated rings. The molecule has 13 heteroatoms. The molecule has 0 spiro atoms. The molecule has 170 valence electrons. The molecule has 1 atom stereocenters. The number of alkyl halides is 3. The van der Waals surface area contributed by atoms with Gasteiger partial charge in [0.2, 0.25) is 11.6 Å². The Bertz CT molecular complexity index is 1180. The summed E-state index contributed by atoms with van der Waals surface area (Å²) in [6.45, 7) is 3.70. The average molecular weight is 453 g/mol. The number of oxime groups is 1. The summed E-state index contributed by atoms with van der Waals surface area (Å²) in [4.78, 5) is 13.5. The molecule has 2 N–H and O–H groups in total. The molecule has 0 saturated heterocycles. The van der Waals surface area contributed by atoms with Gasteiger partial charge in [0, 0.05) is 11.8 Å². The predicted molar refractivity (Wildman–Crippen MR) is 106 cm³/mol. The van der Waals surface area contributed by atoms with Crippen molar-refractivity contribution in [2.75, 3.05) is 11.9 Å². The maximum atomic E-state index is 13.7. The number of nitrogens with zero attached hydrogens (tertiary/aromatic N) is 5. The summed E-state index contributed by atoms with van der Waals surface area (Å²) in [5, 5.41) is 14.4. The van der Waals surface area contributed by atoms with Crippen LogP contribution in [-0.4, -0.2) is 43.9 Å². The maximum Gasteiger partial charge on any atom is 0.422 e. The monoisotopic (exact) mass is 453 g/mol. The lowest BCUT2D eigenvalue weighted by Crippen LogP contribution is -2.38. The third-order valence-corrected chi connectivity index (χ3v) is 4.46. The van der Waals surface area contributed by atoms with Crippen molar-refractivity contribution in [1.82, 2.24) is 24.9 Å². The molecule has 1 unspecified atom stereocenters. The zero-order valence-electron chi connectivity index (χ0n) is 17.2. The number of rotatable bonds is 6. The Kier molecular flexibility index (Phi) is 5.26. The molecule has 3 aromatic heterocycles. The van der Waals surface area contributed by atoms with Crippen LogP contribution in [0.5, 0.6) is 5.88 Å². The Balaban J connectivity index is 1.59. The lowest BCUT2D eigenvalue weighted by molar-refractivity contribution is -0.154. The summed E-state index contributed by atoms with van der Waals surface area (Å²) in [5.41, 5.74) is 0.487. The lowest BCUT2D eigenvalue weighted by atomic mass is 10.1. The minimum absolute atomic E-state index is 0.113. The first-order chi connectivity index (χ1) is 15.0. The lowest BCUT2D eigenvalue weighted by Gasteiger charge is -2.19. The largest absolute Gasteiger partial charge is 0.468 e. The highest BCUT2D eigenvalue weighted by Crippen LogP contribution is 2.28. The molecule has 4 rings (SSSR count). The smallest absolute Gasteiger partial charge is 0.422 e. The van der Waals surface area contributed by atoms with Crippen LogP contribution in [0.2, 0.25) is 0 Å². The maximum absolute atomic E-state index is 13.7. The van der Waals surface area contributed by atoms with Crippen LogP contribution in [0.1, 0.15) is 37.9 Å². The van der Waals surface area contributed by atoms with Gasteiger partial charge in [0.1, 0.15) is 11.6 Å². The van der Waals surface area contributed by atoms with Crippen molar-refractivity contribution in [3.8, 4) is 5.88 Å². The SMILES string of the molecule is CC(Nc1ccn2ncc(C3=NOC(C)(C)N3)c2n1)c1cc(F)cnc1OCC(F)(F)F. The molecule has 0 saturated carbocycles. The van der Waals surface area contributed by atoms with Crippen molar-refractivity contribution in [2.45, 2.75) is 38.7 Å². The van der Waals surface area contributed by atoms with E-state index >= 15 is 0 Å². The molecule has 0 bridgehead atoms. The molecule has 1 aliphatic rings. The van der Waals surface area contributed by atoms with Gasteiger partial charge in [-0.25, -0.2) is 18.9 Å². The molecule has 32 heavy (non-hydrogen) atoms. The number of aromatic nitrogens is 4. The fourth-order valence-electron chi connectivity index (χ4n) is 3.05. The highest BCUT2D eigenvalue weighted by Gasteiger charge is 2.31. The van der Waals surface area contributed by atoms with Crippen LogP contribution in [0.25, 0.3) is 5.65 Å². The third-order valence-electron chi connectivity index (χ3n) is 4.46. The molecule has 3 aromatic rings. The number of hydrogen-bond acceptors (Lipinski definition) is 8. The van der Waals surface area contributed by atoms with Crippen LogP contribution >= 0.6 is 0 Å². The molecule has 1 aliphatic heterocycles. The quantitative estimate of drug-likeness (QED) is 0.552. The van der Waals surface area contributed by atoms with Gasteiger partial charge >= 0.3 is 6.18 Å². The Hall–Kier alpha value is -3.64. The molecule has 9 nitrogen and oxygen atoms in total. The fourth-order valence-corrected chi connectivity index (χ4v) is 3.05. The number of halogens is 4. The van der Waals surface area contributed by atoms with E-state index in [9.17, 15) is 17.6 Å². The summed E-state index contributed by atoms with van der Waals surface area (Å²) in [5.74, 6) is -0.197. The Labute approximate surface area is 179 Å². The van der Waals surface area contributed by atoms with Crippen molar-refractivity contribution < 1.29 is 27.1 Å². The second-order valence-corrected chi connectivity index (χ2v) is 7.62. The normalized spacial score (nSPS) is 16.3. The van der Waals surface area contributed by atoms with Crippen LogP contribution in [0.4, 0.5) is 23.4 Å². The summed E-state index contributed by atoms with van der Waals surface area (Å²) < 4.78 is 57.7. The van der Waals surface area contributed by atoms with E-state index in [1.165, 1.54) is 4.52 Å². The van der Waals surface area contributed by atoms with Crippen LogP contribution in [0, 0.1) is 5.82 Å². The topological polar surface area (TPSA) is 98.0 Å². The van der Waals surface area contributed by atoms with Crippen molar-refractivity contribution in [1.29, 1.82) is 0 Å². The van der Waals surface area contributed by atoms with E-state index < -0.39 is 30.4 Å². The Morgan fingerprint density at radius 1 is 1.31 bits per heavy atom. The molecule has 4 heterocycles. The number of anilines is 1. The number of fused-ring (bicyclic) bond motifs is 1. The second kappa shape index (κ2) is 7.80. The van der Waals surface area contributed by atoms with Gasteiger partial charge in [0.05, 0.1) is 24.0 Å². The second-order valence-electron chi connectivity index (χ2n) is 7.62. The Morgan fingerprint density at radius 2 is 2.09 bits per heavy atom. The van der Waals surface area contributed by atoms with Gasteiger partial charge in [-0.15, -0.1) is 0 Å². The van der Waals surface area contributed by atoms with Gasteiger partial charge in [-0.2, -0.15) is 18.3 Å². The number of ether oxygens (including phenoxy) is 1. The van der Waals surface area contributed by atoms with Crippen LogP contribution < -0.4 is 15.4 Å². The molecular weight excluding hydrogens is 434 g/mol. The van der Waals surface area contributed by atoms with Crippen LogP contribution in [0.3, 0.4) is 0 Å².